The molecule has 2 N–H and O–H groups in total. The van der Waals surface area contributed by atoms with Crippen molar-refractivity contribution in [3.8, 4) is 0 Å². The van der Waals surface area contributed by atoms with E-state index in [0.29, 0.717) is 43.4 Å². The first-order valence-corrected chi connectivity index (χ1v) is 10.3. The van der Waals surface area contributed by atoms with Crippen LogP contribution in [0, 0.1) is 0 Å². The highest BCUT2D eigenvalue weighted by Gasteiger charge is 2.20. The Morgan fingerprint density at radius 1 is 0.833 bits per heavy atom. The molecule has 0 spiro atoms. The van der Waals surface area contributed by atoms with Crippen molar-refractivity contribution in [3.63, 3.8) is 0 Å². The number of hydrogen-bond acceptors (Lipinski definition) is 5. The predicted octanol–water partition coefficient (Wildman–Crippen LogP) is 2.67. The summed E-state index contributed by atoms with van der Waals surface area (Å²) in [6.45, 7) is 0.900. The van der Waals surface area contributed by atoms with Crippen LogP contribution in [0.1, 0.15) is 56.7 Å². The summed E-state index contributed by atoms with van der Waals surface area (Å²) in [5.41, 5.74) is 4.94. The maximum absolute atomic E-state index is 12.4. The zero-order valence-electron chi connectivity index (χ0n) is 16.8. The number of nitrogens with one attached hydrogen (secondary N) is 2. The van der Waals surface area contributed by atoms with Crippen LogP contribution in [0.15, 0.2) is 36.4 Å². The molecule has 4 rings (SSSR count). The molecule has 30 heavy (non-hydrogen) atoms. The minimum absolute atomic E-state index is 0.00882. The Morgan fingerprint density at radius 3 is 2.43 bits per heavy atom. The van der Waals surface area contributed by atoms with Crippen LogP contribution in [0.4, 0.5) is 5.69 Å². The first kappa shape index (κ1) is 20.2. The van der Waals surface area contributed by atoms with E-state index in [2.05, 4.69) is 10.6 Å². The average Bonchev–Trinajstić information content (AvgIpc) is 3.28. The van der Waals surface area contributed by atoms with Crippen molar-refractivity contribution < 1.29 is 19.2 Å². The largest absolute Gasteiger partial charge is 0.326 e. The van der Waals surface area contributed by atoms with Crippen molar-refractivity contribution in [1.82, 2.24) is 5.32 Å². The molecule has 0 saturated heterocycles. The van der Waals surface area contributed by atoms with E-state index in [1.165, 1.54) is 0 Å². The van der Waals surface area contributed by atoms with Gasteiger partial charge in [-0.1, -0.05) is 12.1 Å². The van der Waals surface area contributed by atoms with Gasteiger partial charge < -0.3 is 10.6 Å². The molecule has 154 valence electrons. The molecule has 2 aliphatic rings. The van der Waals surface area contributed by atoms with E-state index in [1.54, 1.807) is 24.3 Å². The van der Waals surface area contributed by atoms with Crippen molar-refractivity contribution in [1.29, 1.82) is 0 Å². The normalized spacial score (nSPS) is 14.4. The Kier molecular flexibility index (Phi) is 5.86. The molecular formula is C24H24N2O4. The number of hydrogen-bond donors (Lipinski definition) is 2. The van der Waals surface area contributed by atoms with Crippen molar-refractivity contribution in [2.45, 2.75) is 38.5 Å². The van der Waals surface area contributed by atoms with Crippen LogP contribution in [0.2, 0.25) is 0 Å². The highest BCUT2D eigenvalue weighted by atomic mass is 16.2. The molecule has 0 saturated carbocycles. The Bertz CT molecular complexity index is 958. The summed E-state index contributed by atoms with van der Waals surface area (Å²) in [5, 5.41) is 5.90. The first-order chi connectivity index (χ1) is 14.5. The summed E-state index contributed by atoms with van der Waals surface area (Å²) in [5.74, 6) is 0.242. The number of amides is 1. The zero-order valence-corrected chi connectivity index (χ0v) is 16.8. The standard InChI is InChI=1S/C24H24N2O4/c27-20-11-15-4-5-17(9-18(15)12-20)23(29)14-25-8-2-1-3-22(28)16-6-7-21-19(10-16)13-24(30)26-21/h4-7,9-10,25H,1-3,8,11-14H2,(H,26,30). The van der Waals surface area contributed by atoms with Crippen molar-refractivity contribution in [2.75, 3.05) is 18.4 Å². The number of anilines is 1. The van der Waals surface area contributed by atoms with Gasteiger partial charge in [0.25, 0.3) is 0 Å². The van der Waals surface area contributed by atoms with Crippen molar-refractivity contribution in [2.24, 2.45) is 0 Å². The predicted molar refractivity (Wildman–Crippen MR) is 113 cm³/mol. The van der Waals surface area contributed by atoms with E-state index in [4.69, 9.17) is 0 Å². The third-order valence-electron chi connectivity index (χ3n) is 5.65. The first-order valence-electron chi connectivity index (χ1n) is 10.3. The van der Waals surface area contributed by atoms with Gasteiger partial charge in [-0.3, -0.25) is 19.2 Å². The lowest BCUT2D eigenvalue weighted by Crippen LogP contribution is -2.24. The van der Waals surface area contributed by atoms with Gasteiger partial charge >= 0.3 is 0 Å². The molecule has 6 nitrogen and oxygen atoms in total. The number of unbranched alkanes of at least 4 members (excludes halogenated alkanes) is 1. The van der Waals surface area contributed by atoms with Crippen LogP contribution >= 0.6 is 0 Å². The van der Waals surface area contributed by atoms with Crippen molar-refractivity contribution >= 4 is 28.9 Å². The second-order valence-corrected chi connectivity index (χ2v) is 7.95. The summed E-state index contributed by atoms with van der Waals surface area (Å²) < 4.78 is 0. The van der Waals surface area contributed by atoms with E-state index in [1.807, 2.05) is 12.1 Å². The highest BCUT2D eigenvalue weighted by Crippen LogP contribution is 2.24. The van der Waals surface area contributed by atoms with Crippen LogP contribution in [-0.2, 0) is 28.9 Å². The smallest absolute Gasteiger partial charge is 0.228 e. The van der Waals surface area contributed by atoms with E-state index >= 15 is 0 Å². The Morgan fingerprint density at radius 2 is 1.57 bits per heavy atom. The number of benzene rings is 2. The van der Waals surface area contributed by atoms with Gasteiger partial charge in [-0.05, 0) is 60.3 Å². The van der Waals surface area contributed by atoms with Gasteiger partial charge in [0.1, 0.15) is 5.78 Å². The summed E-state index contributed by atoms with van der Waals surface area (Å²) in [4.78, 5) is 47.6. The molecule has 1 amide bonds. The molecule has 0 unspecified atom stereocenters. The van der Waals surface area contributed by atoms with E-state index < -0.39 is 0 Å². The molecule has 0 aromatic heterocycles. The van der Waals surface area contributed by atoms with Crippen LogP contribution < -0.4 is 10.6 Å². The number of carbonyl (C=O) groups excluding carboxylic acids is 4. The summed E-state index contributed by atoms with van der Waals surface area (Å²) in [6, 6.07) is 10.9. The van der Waals surface area contributed by atoms with Gasteiger partial charge in [-0.25, -0.2) is 0 Å². The molecule has 0 atom stereocenters. The summed E-state index contributed by atoms with van der Waals surface area (Å²) >= 11 is 0. The van der Waals surface area contributed by atoms with Crippen LogP contribution in [0.25, 0.3) is 0 Å². The SMILES string of the molecule is O=C1Cc2ccc(C(=O)CNCCCCC(=O)c3ccc4c(c3)CC(=O)N4)cc2C1. The van der Waals surface area contributed by atoms with Crippen LogP contribution in [0.5, 0.6) is 0 Å². The Labute approximate surface area is 175 Å². The lowest BCUT2D eigenvalue weighted by Gasteiger charge is -2.07. The molecule has 0 radical (unpaired) electrons. The van der Waals surface area contributed by atoms with Gasteiger partial charge in [0.05, 0.1) is 13.0 Å². The lowest BCUT2D eigenvalue weighted by molar-refractivity contribution is -0.117. The molecular weight excluding hydrogens is 380 g/mol. The second kappa shape index (κ2) is 8.71. The fourth-order valence-corrected chi connectivity index (χ4v) is 4.01. The molecule has 0 fully saturated rings. The van der Waals surface area contributed by atoms with E-state index in [0.717, 1.165) is 35.2 Å². The monoisotopic (exact) mass is 404 g/mol. The topological polar surface area (TPSA) is 92.3 Å². The maximum Gasteiger partial charge on any atom is 0.228 e. The number of Topliss-reactive ketones (excluding diaryl/α,β-unsaturated/α-hetero) is 3. The minimum atomic E-state index is -0.0383. The molecule has 6 heteroatoms. The number of carbonyl (C=O) groups is 4. The number of rotatable bonds is 9. The van der Waals surface area contributed by atoms with Gasteiger partial charge in [0.2, 0.25) is 5.91 Å². The fourth-order valence-electron chi connectivity index (χ4n) is 4.01. The van der Waals surface area contributed by atoms with Crippen LogP contribution in [0.3, 0.4) is 0 Å². The third-order valence-corrected chi connectivity index (χ3v) is 5.65. The molecule has 1 aliphatic carbocycles. The maximum atomic E-state index is 12.4. The minimum Gasteiger partial charge on any atom is -0.326 e. The number of fused-ring (bicyclic) bond motifs is 2. The Balaban J connectivity index is 1.16. The Hall–Kier alpha value is -3.12. The molecule has 2 aromatic carbocycles. The van der Waals surface area contributed by atoms with Gasteiger partial charge in [0, 0.05) is 36.1 Å². The quantitative estimate of drug-likeness (QED) is 0.495. The molecule has 1 aliphatic heterocycles. The summed E-state index contributed by atoms with van der Waals surface area (Å²) in [7, 11) is 0. The summed E-state index contributed by atoms with van der Waals surface area (Å²) in [6.07, 6.45) is 3.19. The highest BCUT2D eigenvalue weighted by molar-refractivity contribution is 6.02. The van der Waals surface area contributed by atoms with E-state index in [9.17, 15) is 19.2 Å². The third kappa shape index (κ3) is 4.54. The van der Waals surface area contributed by atoms with Crippen molar-refractivity contribution in [3.05, 3.63) is 64.2 Å². The zero-order chi connectivity index (χ0) is 21.1. The fraction of sp³-hybridized carbons (Fsp3) is 0.333. The van der Waals surface area contributed by atoms with Crippen LogP contribution in [-0.4, -0.2) is 36.3 Å². The van der Waals surface area contributed by atoms with Gasteiger partial charge in [-0.2, -0.15) is 0 Å². The molecule has 0 bridgehead atoms. The second-order valence-electron chi connectivity index (χ2n) is 7.95. The van der Waals surface area contributed by atoms with Gasteiger partial charge in [-0.15, -0.1) is 0 Å². The van der Waals surface area contributed by atoms with E-state index in [-0.39, 0.29) is 29.8 Å². The lowest BCUT2D eigenvalue weighted by atomic mass is 10.0. The molecule has 1 heterocycles. The number of ketones is 3. The molecule has 2 aromatic rings. The van der Waals surface area contributed by atoms with Gasteiger partial charge in [0.15, 0.2) is 11.6 Å². The average molecular weight is 404 g/mol.